The molecule has 1 unspecified atom stereocenters. The van der Waals surface area contributed by atoms with Crippen LogP contribution in [0.2, 0.25) is 0 Å². The maximum Gasteiger partial charge on any atom is 0.0595 e. The third-order valence-electron chi connectivity index (χ3n) is 3.80. The van der Waals surface area contributed by atoms with Crippen LogP contribution in [0.25, 0.3) is 0 Å². The van der Waals surface area contributed by atoms with E-state index in [2.05, 4.69) is 24.2 Å². The van der Waals surface area contributed by atoms with Crippen molar-refractivity contribution in [1.29, 1.82) is 0 Å². The Hall–Kier alpha value is -0.120. The Kier molecular flexibility index (Phi) is 7.01. The first kappa shape index (κ1) is 13.9. The minimum absolute atomic E-state index is 0.511. The van der Waals surface area contributed by atoms with Crippen LogP contribution >= 0.6 is 0 Å². The van der Waals surface area contributed by atoms with Gasteiger partial charge in [-0.05, 0) is 45.7 Å². The molecule has 3 heteroatoms. The summed E-state index contributed by atoms with van der Waals surface area (Å²) in [6.07, 6.45) is 6.78. The van der Waals surface area contributed by atoms with Crippen LogP contribution < -0.4 is 5.32 Å². The summed E-state index contributed by atoms with van der Waals surface area (Å²) in [5.41, 5.74) is 0. The minimum atomic E-state index is 0.511. The van der Waals surface area contributed by atoms with Crippen molar-refractivity contribution in [2.45, 2.75) is 51.2 Å². The van der Waals surface area contributed by atoms with E-state index in [1.165, 1.54) is 51.7 Å². The van der Waals surface area contributed by atoms with E-state index in [-0.39, 0.29) is 0 Å². The van der Waals surface area contributed by atoms with Crippen LogP contribution in [0.3, 0.4) is 0 Å². The van der Waals surface area contributed by atoms with Gasteiger partial charge < -0.3 is 15.0 Å². The average molecular weight is 228 g/mol. The lowest BCUT2D eigenvalue weighted by Gasteiger charge is -2.31. The molecule has 0 bridgehead atoms. The van der Waals surface area contributed by atoms with E-state index < -0.39 is 0 Å². The number of hydrogen-bond acceptors (Lipinski definition) is 3. The molecule has 1 saturated heterocycles. The van der Waals surface area contributed by atoms with Gasteiger partial charge >= 0.3 is 0 Å². The van der Waals surface area contributed by atoms with Crippen molar-refractivity contribution >= 4 is 0 Å². The molecule has 0 aliphatic carbocycles. The molecule has 0 saturated carbocycles. The number of likely N-dealkylation sites (tertiary alicyclic amines) is 1. The van der Waals surface area contributed by atoms with Crippen LogP contribution in [-0.2, 0) is 4.74 Å². The summed E-state index contributed by atoms with van der Waals surface area (Å²) in [5.74, 6) is 0. The van der Waals surface area contributed by atoms with E-state index in [1.54, 1.807) is 0 Å². The van der Waals surface area contributed by atoms with Crippen LogP contribution in [0.5, 0.6) is 0 Å². The quantitative estimate of drug-likeness (QED) is 0.720. The number of nitrogens with zero attached hydrogens (tertiary/aromatic N) is 1. The van der Waals surface area contributed by atoms with E-state index in [0.29, 0.717) is 12.1 Å². The largest absolute Gasteiger partial charge is 0.381 e. The minimum Gasteiger partial charge on any atom is -0.381 e. The number of ether oxygens (including phenoxy) is 1. The van der Waals surface area contributed by atoms with Crippen LogP contribution in [0.1, 0.15) is 39.0 Å². The molecular weight excluding hydrogens is 200 g/mol. The molecule has 0 radical (unpaired) electrons. The maximum atomic E-state index is 5.38. The van der Waals surface area contributed by atoms with Gasteiger partial charge in [0.1, 0.15) is 0 Å². The number of methoxy groups -OCH3 is 1. The lowest BCUT2D eigenvalue weighted by Crippen LogP contribution is -2.37. The fourth-order valence-corrected chi connectivity index (χ4v) is 2.48. The lowest BCUT2D eigenvalue weighted by molar-refractivity contribution is 0.0405. The highest BCUT2D eigenvalue weighted by molar-refractivity contribution is 4.73. The highest BCUT2D eigenvalue weighted by Gasteiger charge is 2.18. The smallest absolute Gasteiger partial charge is 0.0595 e. The van der Waals surface area contributed by atoms with E-state index in [0.717, 1.165) is 0 Å². The summed E-state index contributed by atoms with van der Waals surface area (Å²) in [4.78, 5) is 2.58. The van der Waals surface area contributed by atoms with Crippen molar-refractivity contribution in [1.82, 2.24) is 10.2 Å². The van der Waals surface area contributed by atoms with Gasteiger partial charge in [0.2, 0.25) is 0 Å². The Morgan fingerprint density at radius 1 is 1.38 bits per heavy atom. The summed E-state index contributed by atoms with van der Waals surface area (Å²) in [5, 5.41) is 3.37. The van der Waals surface area contributed by atoms with Gasteiger partial charge in [0.05, 0.1) is 6.10 Å². The van der Waals surface area contributed by atoms with Crippen molar-refractivity contribution in [3.8, 4) is 0 Å². The van der Waals surface area contributed by atoms with Gasteiger partial charge in [-0.15, -0.1) is 0 Å². The lowest BCUT2D eigenvalue weighted by atomic mass is 10.1. The Morgan fingerprint density at radius 3 is 2.56 bits per heavy atom. The fourth-order valence-electron chi connectivity index (χ4n) is 2.48. The number of nitrogens with one attached hydrogen (secondary N) is 1. The Balaban J connectivity index is 2.06. The van der Waals surface area contributed by atoms with Crippen LogP contribution in [0.4, 0.5) is 0 Å². The molecule has 0 aromatic heterocycles. The molecule has 3 nitrogen and oxygen atoms in total. The standard InChI is InChI=1S/C13H28N2O/c1-4-12(14-2)6-5-9-15-10-7-13(16-3)8-11-15/h12-14H,4-11H2,1-3H3. The van der Waals surface area contributed by atoms with Gasteiger partial charge in [0, 0.05) is 26.2 Å². The highest BCUT2D eigenvalue weighted by Crippen LogP contribution is 2.13. The van der Waals surface area contributed by atoms with Crippen molar-refractivity contribution in [2.24, 2.45) is 0 Å². The second-order valence-corrected chi connectivity index (χ2v) is 4.81. The molecule has 96 valence electrons. The predicted octanol–water partition coefficient (Wildman–Crippen LogP) is 1.88. The van der Waals surface area contributed by atoms with E-state index >= 15 is 0 Å². The summed E-state index contributed by atoms with van der Waals surface area (Å²) >= 11 is 0. The van der Waals surface area contributed by atoms with E-state index in [1.807, 2.05) is 7.11 Å². The first-order chi connectivity index (χ1) is 7.80. The third kappa shape index (κ3) is 4.81. The SMILES string of the molecule is CCC(CCCN1CCC(OC)CC1)NC. The van der Waals surface area contributed by atoms with E-state index in [9.17, 15) is 0 Å². The Morgan fingerprint density at radius 2 is 2.06 bits per heavy atom. The first-order valence-corrected chi connectivity index (χ1v) is 6.72. The van der Waals surface area contributed by atoms with Crippen molar-refractivity contribution in [2.75, 3.05) is 33.8 Å². The third-order valence-corrected chi connectivity index (χ3v) is 3.80. The number of rotatable bonds is 7. The van der Waals surface area contributed by atoms with Crippen molar-refractivity contribution in [3.05, 3.63) is 0 Å². The molecule has 0 aromatic carbocycles. The number of piperidine rings is 1. The normalized spacial score (nSPS) is 21.2. The van der Waals surface area contributed by atoms with Crippen LogP contribution in [0.15, 0.2) is 0 Å². The van der Waals surface area contributed by atoms with Crippen molar-refractivity contribution < 1.29 is 4.74 Å². The zero-order valence-electron chi connectivity index (χ0n) is 11.2. The molecule has 1 atom stereocenters. The highest BCUT2D eigenvalue weighted by atomic mass is 16.5. The molecule has 0 spiro atoms. The summed E-state index contributed by atoms with van der Waals surface area (Å²) in [6, 6.07) is 0.705. The average Bonchev–Trinajstić information content (AvgIpc) is 2.35. The summed E-state index contributed by atoms with van der Waals surface area (Å²) < 4.78 is 5.38. The summed E-state index contributed by atoms with van der Waals surface area (Å²) in [7, 11) is 3.90. The second-order valence-electron chi connectivity index (χ2n) is 4.81. The van der Waals surface area contributed by atoms with Gasteiger partial charge in [-0.1, -0.05) is 6.92 Å². The molecular formula is C13H28N2O. The first-order valence-electron chi connectivity index (χ1n) is 6.72. The molecule has 0 aromatic rings. The molecule has 0 amide bonds. The maximum absolute atomic E-state index is 5.38. The van der Waals surface area contributed by atoms with Gasteiger partial charge in [0.15, 0.2) is 0 Å². The summed E-state index contributed by atoms with van der Waals surface area (Å²) in [6.45, 7) is 5.95. The zero-order valence-corrected chi connectivity index (χ0v) is 11.2. The molecule has 1 aliphatic heterocycles. The Labute approximate surface area is 101 Å². The molecule has 1 rings (SSSR count). The molecule has 1 aliphatic rings. The van der Waals surface area contributed by atoms with Gasteiger partial charge in [0.25, 0.3) is 0 Å². The molecule has 1 fully saturated rings. The predicted molar refractivity (Wildman–Crippen MR) is 68.8 cm³/mol. The second kappa shape index (κ2) is 8.04. The topological polar surface area (TPSA) is 24.5 Å². The van der Waals surface area contributed by atoms with Gasteiger partial charge in [-0.25, -0.2) is 0 Å². The van der Waals surface area contributed by atoms with Gasteiger partial charge in [-0.3, -0.25) is 0 Å². The van der Waals surface area contributed by atoms with Crippen LogP contribution in [-0.4, -0.2) is 50.8 Å². The fraction of sp³-hybridized carbons (Fsp3) is 1.00. The van der Waals surface area contributed by atoms with Crippen LogP contribution in [0, 0.1) is 0 Å². The molecule has 16 heavy (non-hydrogen) atoms. The van der Waals surface area contributed by atoms with Crippen molar-refractivity contribution in [3.63, 3.8) is 0 Å². The molecule has 1 heterocycles. The monoisotopic (exact) mass is 228 g/mol. The zero-order chi connectivity index (χ0) is 11.8. The Bertz CT molecular complexity index is 163. The van der Waals surface area contributed by atoms with E-state index in [4.69, 9.17) is 4.74 Å². The number of hydrogen-bond donors (Lipinski definition) is 1. The molecule has 1 N–H and O–H groups in total. The van der Waals surface area contributed by atoms with Gasteiger partial charge in [-0.2, -0.15) is 0 Å².